The first kappa shape index (κ1) is 9.93. The largest absolute Gasteiger partial charge is 0.356 e. The van der Waals surface area contributed by atoms with Crippen LogP contribution in [0, 0.1) is 0 Å². The molecule has 0 spiro atoms. The zero-order chi connectivity index (χ0) is 9.97. The fourth-order valence-electron chi connectivity index (χ4n) is 2.36. The van der Waals surface area contributed by atoms with E-state index in [1.54, 1.807) is 0 Å². The second-order valence-corrected chi connectivity index (χ2v) is 4.37. The van der Waals surface area contributed by atoms with Crippen LogP contribution in [0.3, 0.4) is 0 Å². The molecule has 0 saturated carbocycles. The number of carbonyl (C=O) groups is 1. The standard InChI is InChI=1S/C10H19N3O/c11-8-2-5-13(6-3-8)9-1-4-12-10(14)7-9/h8-9H,1-7,11H2,(H,12,14). The molecule has 2 aliphatic rings. The third kappa shape index (κ3) is 2.25. The molecule has 1 unspecified atom stereocenters. The normalized spacial score (nSPS) is 31.5. The maximum Gasteiger partial charge on any atom is 0.221 e. The van der Waals surface area contributed by atoms with Gasteiger partial charge in [-0.1, -0.05) is 0 Å². The molecule has 14 heavy (non-hydrogen) atoms. The third-order valence-electron chi connectivity index (χ3n) is 3.31. The van der Waals surface area contributed by atoms with Crippen molar-refractivity contribution in [2.75, 3.05) is 19.6 Å². The number of carbonyl (C=O) groups excluding carboxylic acids is 1. The Hall–Kier alpha value is -0.610. The van der Waals surface area contributed by atoms with Crippen LogP contribution in [0.25, 0.3) is 0 Å². The van der Waals surface area contributed by atoms with E-state index in [1.165, 1.54) is 0 Å². The number of nitrogens with two attached hydrogens (primary N) is 1. The summed E-state index contributed by atoms with van der Waals surface area (Å²) in [6.45, 7) is 2.98. The van der Waals surface area contributed by atoms with E-state index in [9.17, 15) is 4.79 Å². The molecule has 0 aromatic carbocycles. The summed E-state index contributed by atoms with van der Waals surface area (Å²) in [6.07, 6.45) is 3.94. The Labute approximate surface area is 84.8 Å². The van der Waals surface area contributed by atoms with Crippen LogP contribution in [0.5, 0.6) is 0 Å². The van der Waals surface area contributed by atoms with E-state index < -0.39 is 0 Å². The van der Waals surface area contributed by atoms with Gasteiger partial charge in [0.05, 0.1) is 0 Å². The van der Waals surface area contributed by atoms with Crippen molar-refractivity contribution in [2.24, 2.45) is 5.73 Å². The molecule has 2 fully saturated rings. The minimum atomic E-state index is 0.205. The van der Waals surface area contributed by atoms with Gasteiger partial charge in [-0.2, -0.15) is 0 Å². The predicted octanol–water partition coefficient (Wildman–Crippen LogP) is -0.312. The number of nitrogens with one attached hydrogen (secondary N) is 1. The van der Waals surface area contributed by atoms with Crippen LogP contribution in [-0.2, 0) is 4.79 Å². The van der Waals surface area contributed by atoms with Crippen molar-refractivity contribution in [3.63, 3.8) is 0 Å². The van der Waals surface area contributed by atoms with Gasteiger partial charge in [0.25, 0.3) is 0 Å². The molecule has 3 N–H and O–H groups in total. The first-order valence-electron chi connectivity index (χ1n) is 5.52. The van der Waals surface area contributed by atoms with E-state index in [2.05, 4.69) is 10.2 Å². The van der Waals surface area contributed by atoms with Crippen LogP contribution in [0.15, 0.2) is 0 Å². The van der Waals surface area contributed by atoms with Crippen LogP contribution in [-0.4, -0.2) is 42.5 Å². The van der Waals surface area contributed by atoms with E-state index in [-0.39, 0.29) is 5.91 Å². The van der Waals surface area contributed by atoms with E-state index in [0.29, 0.717) is 18.5 Å². The molecule has 2 rings (SSSR count). The van der Waals surface area contributed by atoms with Gasteiger partial charge in [0.2, 0.25) is 5.91 Å². The molecule has 1 atom stereocenters. The number of hydrogen-bond acceptors (Lipinski definition) is 3. The van der Waals surface area contributed by atoms with E-state index in [0.717, 1.165) is 38.9 Å². The van der Waals surface area contributed by atoms with E-state index >= 15 is 0 Å². The molecule has 0 radical (unpaired) electrons. The molecule has 0 aromatic rings. The van der Waals surface area contributed by atoms with Crippen molar-refractivity contribution in [1.82, 2.24) is 10.2 Å². The smallest absolute Gasteiger partial charge is 0.221 e. The summed E-state index contributed by atoms with van der Waals surface area (Å²) < 4.78 is 0. The van der Waals surface area contributed by atoms with Gasteiger partial charge < -0.3 is 11.1 Å². The van der Waals surface area contributed by atoms with Gasteiger partial charge in [-0.15, -0.1) is 0 Å². The fourth-order valence-corrected chi connectivity index (χ4v) is 2.36. The maximum absolute atomic E-state index is 11.2. The SMILES string of the molecule is NC1CCN(C2CCNC(=O)C2)CC1. The van der Waals surface area contributed by atoms with Gasteiger partial charge in [-0.3, -0.25) is 9.69 Å². The molecule has 4 nitrogen and oxygen atoms in total. The number of hydrogen-bond donors (Lipinski definition) is 2. The molecular formula is C10H19N3O. The number of amides is 1. The monoisotopic (exact) mass is 197 g/mol. The lowest BCUT2D eigenvalue weighted by atomic mass is 9.99. The van der Waals surface area contributed by atoms with Crippen LogP contribution in [0.2, 0.25) is 0 Å². The average molecular weight is 197 g/mol. The summed E-state index contributed by atoms with van der Waals surface area (Å²) in [5.74, 6) is 0.205. The lowest BCUT2D eigenvalue weighted by Gasteiger charge is -2.38. The summed E-state index contributed by atoms with van der Waals surface area (Å²) in [6, 6.07) is 0.847. The summed E-state index contributed by atoms with van der Waals surface area (Å²) in [7, 11) is 0. The molecule has 2 saturated heterocycles. The summed E-state index contributed by atoms with van der Waals surface area (Å²) in [4.78, 5) is 13.7. The summed E-state index contributed by atoms with van der Waals surface area (Å²) in [5, 5.41) is 2.87. The van der Waals surface area contributed by atoms with Crippen molar-refractivity contribution >= 4 is 5.91 Å². The second kappa shape index (κ2) is 4.28. The molecule has 0 aromatic heterocycles. The predicted molar refractivity (Wildman–Crippen MR) is 54.8 cm³/mol. The third-order valence-corrected chi connectivity index (χ3v) is 3.31. The van der Waals surface area contributed by atoms with Crippen LogP contribution >= 0.6 is 0 Å². The average Bonchev–Trinajstić information content (AvgIpc) is 2.19. The Morgan fingerprint density at radius 1 is 1.29 bits per heavy atom. The molecule has 0 aliphatic carbocycles. The number of likely N-dealkylation sites (tertiary alicyclic amines) is 1. The topological polar surface area (TPSA) is 58.4 Å². The number of rotatable bonds is 1. The van der Waals surface area contributed by atoms with Crippen molar-refractivity contribution in [3.05, 3.63) is 0 Å². The Morgan fingerprint density at radius 2 is 2.00 bits per heavy atom. The maximum atomic E-state index is 11.2. The zero-order valence-electron chi connectivity index (χ0n) is 8.54. The minimum Gasteiger partial charge on any atom is -0.356 e. The molecule has 0 bridgehead atoms. The van der Waals surface area contributed by atoms with Crippen molar-refractivity contribution in [1.29, 1.82) is 0 Å². The van der Waals surface area contributed by atoms with Gasteiger partial charge >= 0.3 is 0 Å². The number of piperidine rings is 2. The van der Waals surface area contributed by atoms with Crippen LogP contribution in [0.1, 0.15) is 25.7 Å². The summed E-state index contributed by atoms with van der Waals surface area (Å²) in [5.41, 5.74) is 5.85. The lowest BCUT2D eigenvalue weighted by molar-refractivity contribution is -0.124. The van der Waals surface area contributed by atoms with E-state index in [1.807, 2.05) is 0 Å². The lowest BCUT2D eigenvalue weighted by Crippen LogP contribution is -2.50. The van der Waals surface area contributed by atoms with Crippen molar-refractivity contribution in [3.8, 4) is 0 Å². The molecule has 2 aliphatic heterocycles. The van der Waals surface area contributed by atoms with Crippen molar-refractivity contribution < 1.29 is 4.79 Å². The molecular weight excluding hydrogens is 178 g/mol. The first-order chi connectivity index (χ1) is 6.75. The fraction of sp³-hybridized carbons (Fsp3) is 0.900. The number of nitrogens with zero attached hydrogens (tertiary/aromatic N) is 1. The molecule has 80 valence electrons. The van der Waals surface area contributed by atoms with Gasteiger partial charge in [0.15, 0.2) is 0 Å². The summed E-state index contributed by atoms with van der Waals surface area (Å²) >= 11 is 0. The highest BCUT2D eigenvalue weighted by Gasteiger charge is 2.27. The zero-order valence-corrected chi connectivity index (χ0v) is 8.54. The highest BCUT2D eigenvalue weighted by atomic mass is 16.1. The van der Waals surface area contributed by atoms with Gasteiger partial charge in [-0.05, 0) is 32.4 Å². The van der Waals surface area contributed by atoms with E-state index in [4.69, 9.17) is 5.73 Å². The highest BCUT2D eigenvalue weighted by molar-refractivity contribution is 5.77. The quantitative estimate of drug-likeness (QED) is 0.606. The second-order valence-electron chi connectivity index (χ2n) is 4.37. The first-order valence-corrected chi connectivity index (χ1v) is 5.52. The Kier molecular flexibility index (Phi) is 3.03. The highest BCUT2D eigenvalue weighted by Crippen LogP contribution is 2.17. The van der Waals surface area contributed by atoms with Crippen LogP contribution < -0.4 is 11.1 Å². The Morgan fingerprint density at radius 3 is 2.64 bits per heavy atom. The van der Waals surface area contributed by atoms with Gasteiger partial charge in [-0.25, -0.2) is 0 Å². The van der Waals surface area contributed by atoms with Crippen molar-refractivity contribution in [2.45, 2.75) is 37.8 Å². The van der Waals surface area contributed by atoms with Gasteiger partial charge in [0, 0.05) is 25.0 Å². The molecule has 2 heterocycles. The molecule has 4 heteroatoms. The van der Waals surface area contributed by atoms with Crippen LogP contribution in [0.4, 0.5) is 0 Å². The molecule has 1 amide bonds. The Bertz CT molecular complexity index is 211. The minimum absolute atomic E-state index is 0.205. The Balaban J connectivity index is 1.85. The van der Waals surface area contributed by atoms with Gasteiger partial charge in [0.1, 0.15) is 0 Å².